The van der Waals surface area contributed by atoms with Crippen LogP contribution in [0, 0.1) is 5.41 Å². The van der Waals surface area contributed by atoms with Crippen LogP contribution in [0.25, 0.3) is 0 Å². The third kappa shape index (κ3) is 1.53. The van der Waals surface area contributed by atoms with Crippen molar-refractivity contribution >= 4 is 5.78 Å². The average molecular weight is 192 g/mol. The summed E-state index contributed by atoms with van der Waals surface area (Å²) in [7, 11) is 0. The Morgan fingerprint density at radius 3 is 2.36 bits per heavy atom. The molecule has 0 aromatic carbocycles. The van der Waals surface area contributed by atoms with Gasteiger partial charge in [-0.2, -0.15) is 0 Å². The molecule has 0 atom stereocenters. The zero-order chi connectivity index (χ0) is 10.2. The van der Waals surface area contributed by atoms with Crippen molar-refractivity contribution in [1.82, 2.24) is 0 Å². The summed E-state index contributed by atoms with van der Waals surface area (Å²) in [4.78, 5) is 11.6. The summed E-state index contributed by atoms with van der Waals surface area (Å²) >= 11 is 0. The van der Waals surface area contributed by atoms with E-state index in [-0.39, 0.29) is 0 Å². The van der Waals surface area contributed by atoms with Gasteiger partial charge in [-0.15, -0.1) is 0 Å². The summed E-state index contributed by atoms with van der Waals surface area (Å²) < 4.78 is 0. The molecule has 78 valence electrons. The van der Waals surface area contributed by atoms with Crippen molar-refractivity contribution in [2.75, 3.05) is 0 Å². The first kappa shape index (κ1) is 9.95. The topological polar surface area (TPSA) is 17.1 Å². The van der Waals surface area contributed by atoms with Crippen molar-refractivity contribution in [3.63, 3.8) is 0 Å². The van der Waals surface area contributed by atoms with Gasteiger partial charge in [-0.1, -0.05) is 30.4 Å². The highest BCUT2D eigenvalue weighted by Crippen LogP contribution is 2.52. The van der Waals surface area contributed by atoms with Crippen molar-refractivity contribution in [2.24, 2.45) is 5.41 Å². The molecule has 2 aliphatic rings. The van der Waals surface area contributed by atoms with Gasteiger partial charge in [0.2, 0.25) is 0 Å². The van der Waals surface area contributed by atoms with Crippen molar-refractivity contribution in [1.29, 1.82) is 0 Å². The molecule has 0 N–H and O–H groups in total. The van der Waals surface area contributed by atoms with Gasteiger partial charge in [-0.3, -0.25) is 4.79 Å². The van der Waals surface area contributed by atoms with Crippen LogP contribution in [0.15, 0.2) is 11.1 Å². The van der Waals surface area contributed by atoms with E-state index in [0.717, 1.165) is 12.8 Å². The number of Topliss-reactive ketones (excluding diaryl/α,β-unsaturated/α-hetero) is 1. The lowest BCUT2D eigenvalue weighted by atomic mass is 9.69. The molecule has 0 radical (unpaired) electrons. The van der Waals surface area contributed by atoms with E-state index in [0.29, 0.717) is 11.2 Å². The lowest BCUT2D eigenvalue weighted by Crippen LogP contribution is -2.23. The highest BCUT2D eigenvalue weighted by molar-refractivity contribution is 5.86. The molecule has 2 fully saturated rings. The summed E-state index contributed by atoms with van der Waals surface area (Å²) in [5.74, 6) is 0.475. The fourth-order valence-electron chi connectivity index (χ4n) is 3.35. The van der Waals surface area contributed by atoms with Crippen LogP contribution in [0.1, 0.15) is 58.8 Å². The molecule has 2 rings (SSSR count). The van der Waals surface area contributed by atoms with Crippen molar-refractivity contribution in [2.45, 2.75) is 58.8 Å². The van der Waals surface area contributed by atoms with Crippen LogP contribution in [0.3, 0.4) is 0 Å². The number of hydrogen-bond donors (Lipinski definition) is 0. The third-order valence-corrected chi connectivity index (χ3v) is 3.96. The maximum Gasteiger partial charge on any atom is 0.137 e. The molecule has 1 heteroatoms. The monoisotopic (exact) mass is 192 g/mol. The number of ketones is 1. The van der Waals surface area contributed by atoms with Gasteiger partial charge < -0.3 is 0 Å². The SMILES string of the molecule is CC(C)=C1CC(=O)CC12CCCCC2. The summed E-state index contributed by atoms with van der Waals surface area (Å²) in [5.41, 5.74) is 3.20. The molecule has 1 nitrogen and oxygen atoms in total. The number of rotatable bonds is 0. The van der Waals surface area contributed by atoms with Crippen LogP contribution in [0.4, 0.5) is 0 Å². The quantitative estimate of drug-likeness (QED) is 0.535. The van der Waals surface area contributed by atoms with Crippen LogP contribution < -0.4 is 0 Å². The number of allylic oxidation sites excluding steroid dienone is 2. The summed E-state index contributed by atoms with van der Waals surface area (Å²) in [6.45, 7) is 4.34. The van der Waals surface area contributed by atoms with Crippen LogP contribution in [0.5, 0.6) is 0 Å². The summed E-state index contributed by atoms with van der Waals surface area (Å²) in [6, 6.07) is 0. The Bertz CT molecular complexity index is 276. The van der Waals surface area contributed by atoms with Gasteiger partial charge in [0, 0.05) is 12.8 Å². The summed E-state index contributed by atoms with van der Waals surface area (Å²) in [5, 5.41) is 0. The van der Waals surface area contributed by atoms with E-state index >= 15 is 0 Å². The molecule has 0 amide bonds. The second kappa shape index (κ2) is 3.52. The molecule has 0 aromatic rings. The minimum atomic E-state index is 0.314. The molecule has 0 aromatic heterocycles. The van der Waals surface area contributed by atoms with Crippen LogP contribution in [-0.2, 0) is 4.79 Å². The molecule has 2 aliphatic carbocycles. The van der Waals surface area contributed by atoms with Crippen molar-refractivity contribution in [3.05, 3.63) is 11.1 Å². The van der Waals surface area contributed by atoms with Crippen LogP contribution >= 0.6 is 0 Å². The summed E-state index contributed by atoms with van der Waals surface area (Å²) in [6.07, 6.45) is 8.13. The third-order valence-electron chi connectivity index (χ3n) is 3.96. The molecular formula is C13H20O. The fourth-order valence-corrected chi connectivity index (χ4v) is 3.35. The van der Waals surface area contributed by atoms with Gasteiger partial charge in [0.15, 0.2) is 0 Å². The van der Waals surface area contributed by atoms with Crippen molar-refractivity contribution in [3.8, 4) is 0 Å². The van der Waals surface area contributed by atoms with E-state index in [2.05, 4.69) is 13.8 Å². The smallest absolute Gasteiger partial charge is 0.137 e. The van der Waals surface area contributed by atoms with Gasteiger partial charge in [0.1, 0.15) is 5.78 Å². The van der Waals surface area contributed by atoms with Crippen molar-refractivity contribution < 1.29 is 4.79 Å². The number of carbonyl (C=O) groups excluding carboxylic acids is 1. The average Bonchev–Trinajstić information content (AvgIpc) is 2.44. The number of carbonyl (C=O) groups is 1. The Balaban J connectivity index is 2.31. The Labute approximate surface area is 86.6 Å². The van der Waals surface area contributed by atoms with Gasteiger partial charge in [-0.05, 0) is 32.1 Å². The van der Waals surface area contributed by atoms with E-state index in [9.17, 15) is 4.79 Å². The second-order valence-corrected chi connectivity index (χ2v) is 5.21. The molecule has 2 saturated carbocycles. The zero-order valence-electron chi connectivity index (χ0n) is 9.36. The van der Waals surface area contributed by atoms with Gasteiger partial charge >= 0.3 is 0 Å². The maximum absolute atomic E-state index is 11.6. The Morgan fingerprint density at radius 1 is 1.14 bits per heavy atom. The number of hydrogen-bond acceptors (Lipinski definition) is 1. The first-order valence-electron chi connectivity index (χ1n) is 5.83. The largest absolute Gasteiger partial charge is 0.299 e. The molecule has 14 heavy (non-hydrogen) atoms. The molecule has 1 spiro atoms. The Hall–Kier alpha value is -0.590. The first-order chi connectivity index (χ1) is 6.64. The first-order valence-corrected chi connectivity index (χ1v) is 5.83. The minimum absolute atomic E-state index is 0.314. The maximum atomic E-state index is 11.6. The standard InChI is InChI=1S/C13H20O/c1-10(2)12-8-11(14)9-13(12)6-4-3-5-7-13/h3-9H2,1-2H3. The van der Waals surface area contributed by atoms with Gasteiger partial charge in [-0.25, -0.2) is 0 Å². The molecule has 0 saturated heterocycles. The Kier molecular flexibility index (Phi) is 2.50. The van der Waals surface area contributed by atoms with E-state index in [1.54, 1.807) is 0 Å². The second-order valence-electron chi connectivity index (χ2n) is 5.21. The molecule has 0 bridgehead atoms. The van der Waals surface area contributed by atoms with Gasteiger partial charge in [0.25, 0.3) is 0 Å². The van der Waals surface area contributed by atoms with E-state index in [4.69, 9.17) is 0 Å². The lowest BCUT2D eigenvalue weighted by Gasteiger charge is -2.35. The lowest BCUT2D eigenvalue weighted by molar-refractivity contribution is -0.118. The van der Waals surface area contributed by atoms with Crippen LogP contribution in [-0.4, -0.2) is 5.78 Å². The van der Waals surface area contributed by atoms with Gasteiger partial charge in [0.05, 0.1) is 0 Å². The van der Waals surface area contributed by atoms with Crippen LogP contribution in [0.2, 0.25) is 0 Å². The van der Waals surface area contributed by atoms with E-state index in [1.165, 1.54) is 43.3 Å². The van der Waals surface area contributed by atoms with E-state index in [1.807, 2.05) is 0 Å². The van der Waals surface area contributed by atoms with E-state index < -0.39 is 0 Å². The highest BCUT2D eigenvalue weighted by atomic mass is 16.1. The Morgan fingerprint density at radius 2 is 1.79 bits per heavy atom. The minimum Gasteiger partial charge on any atom is -0.299 e. The predicted molar refractivity (Wildman–Crippen MR) is 58.1 cm³/mol. The molecule has 0 heterocycles. The normalized spacial score (nSPS) is 25.9. The molecular weight excluding hydrogens is 172 g/mol. The molecule has 0 unspecified atom stereocenters. The zero-order valence-corrected chi connectivity index (χ0v) is 9.36. The molecule has 0 aliphatic heterocycles. The highest BCUT2D eigenvalue weighted by Gasteiger charge is 2.43. The predicted octanol–water partition coefficient (Wildman–Crippen LogP) is 3.64. The fraction of sp³-hybridized carbons (Fsp3) is 0.769.